The minimum atomic E-state index is -4.76. The molecular weight excluding hydrogens is 723 g/mol. The van der Waals surface area contributed by atoms with Gasteiger partial charge in [-0.05, 0) is 44.9 Å². The van der Waals surface area contributed by atoms with Gasteiger partial charge in [-0.3, -0.25) is 14.1 Å². The molecule has 2 N–H and O–H groups in total. The van der Waals surface area contributed by atoms with Gasteiger partial charge in [0.25, 0.3) is 0 Å². The quantitative estimate of drug-likeness (QED) is 0.0270. The summed E-state index contributed by atoms with van der Waals surface area (Å²) in [5.74, 6) is -0.914. The van der Waals surface area contributed by atoms with Gasteiger partial charge in [0.05, 0.1) is 6.61 Å². The average molecular weight is 813 g/mol. The number of phosphoric ester groups is 1. The molecule has 0 unspecified atom stereocenters. The standard InChI is InChI=1S/C47H89O8P/c1-3-5-7-9-11-13-15-17-19-20-21-22-23-24-25-26-28-30-32-34-36-38-40-42-47(49)55-45(44-54-56(50,51)52)43-53-46(48)41-39-37-35-33-31-29-27-18-16-14-12-10-8-6-4-2/h4,34,36,45H,2-3,5-33,35,37-44H2,1H3,(H2,50,51,52)/b36-34+/t45-/m1/s1. The van der Waals surface area contributed by atoms with E-state index < -0.39 is 32.5 Å². The normalized spacial score (nSPS) is 12.3. The summed E-state index contributed by atoms with van der Waals surface area (Å²) in [5.41, 5.74) is 0. The highest BCUT2D eigenvalue weighted by Gasteiger charge is 2.22. The molecule has 0 aromatic rings. The van der Waals surface area contributed by atoms with Crippen molar-refractivity contribution >= 4 is 19.8 Å². The minimum absolute atomic E-state index is 0.167. The number of carbonyl (C=O) groups excluding carboxylic acids is 2. The fraction of sp³-hybridized carbons (Fsp3) is 0.872. The largest absolute Gasteiger partial charge is 0.469 e. The Kier molecular flexibility index (Phi) is 42.0. The van der Waals surface area contributed by atoms with E-state index in [-0.39, 0.29) is 19.4 Å². The number of esters is 2. The molecule has 0 saturated carbocycles. The van der Waals surface area contributed by atoms with Crippen LogP contribution in [0.2, 0.25) is 0 Å². The maximum Gasteiger partial charge on any atom is 0.469 e. The van der Waals surface area contributed by atoms with Crippen molar-refractivity contribution in [2.45, 2.75) is 251 Å². The first-order valence-corrected chi connectivity index (χ1v) is 25.1. The summed E-state index contributed by atoms with van der Waals surface area (Å²) in [4.78, 5) is 42.9. The van der Waals surface area contributed by atoms with E-state index in [9.17, 15) is 14.2 Å². The SMILES string of the molecule is C=CCCCCCCCCCCCCCCCC(=O)OC[C@H](COP(=O)(O)O)OC(=O)CCC/C=C/CCCCCCCCCCCCCCCCCCCC. The molecule has 56 heavy (non-hydrogen) atoms. The van der Waals surface area contributed by atoms with Gasteiger partial charge in [-0.1, -0.05) is 205 Å². The third kappa shape index (κ3) is 45.2. The lowest BCUT2D eigenvalue weighted by molar-refractivity contribution is -0.161. The monoisotopic (exact) mass is 813 g/mol. The zero-order valence-electron chi connectivity index (χ0n) is 36.4. The van der Waals surface area contributed by atoms with Crippen LogP contribution < -0.4 is 0 Å². The maximum absolute atomic E-state index is 12.4. The van der Waals surface area contributed by atoms with Gasteiger partial charge in [-0.15, -0.1) is 6.58 Å². The lowest BCUT2D eigenvalue weighted by Gasteiger charge is -2.18. The Balaban J connectivity index is 3.82. The molecule has 1 atom stereocenters. The van der Waals surface area contributed by atoms with Gasteiger partial charge < -0.3 is 19.3 Å². The van der Waals surface area contributed by atoms with Gasteiger partial charge in [-0.25, -0.2) is 4.57 Å². The van der Waals surface area contributed by atoms with E-state index in [1.165, 1.54) is 180 Å². The van der Waals surface area contributed by atoms with Crippen molar-refractivity contribution in [2.75, 3.05) is 13.2 Å². The fourth-order valence-electron chi connectivity index (χ4n) is 7.07. The maximum atomic E-state index is 12.4. The molecule has 0 fully saturated rings. The van der Waals surface area contributed by atoms with Crippen LogP contribution in [0.4, 0.5) is 0 Å². The minimum Gasteiger partial charge on any atom is -0.462 e. The Morgan fingerprint density at radius 1 is 0.500 bits per heavy atom. The molecule has 8 nitrogen and oxygen atoms in total. The molecule has 0 saturated heterocycles. The molecule has 9 heteroatoms. The summed E-state index contributed by atoms with van der Waals surface area (Å²) >= 11 is 0. The number of hydrogen-bond donors (Lipinski definition) is 2. The van der Waals surface area contributed by atoms with Crippen molar-refractivity contribution in [3.63, 3.8) is 0 Å². The third-order valence-electron chi connectivity index (χ3n) is 10.6. The molecule has 0 radical (unpaired) electrons. The van der Waals surface area contributed by atoms with Gasteiger partial charge >= 0.3 is 19.8 Å². The van der Waals surface area contributed by atoms with Crippen molar-refractivity contribution in [3.8, 4) is 0 Å². The third-order valence-corrected chi connectivity index (χ3v) is 11.1. The van der Waals surface area contributed by atoms with Crippen molar-refractivity contribution in [1.29, 1.82) is 0 Å². The first kappa shape index (κ1) is 54.5. The summed E-state index contributed by atoms with van der Waals surface area (Å²) < 4.78 is 26.4. The second-order valence-corrected chi connectivity index (χ2v) is 17.4. The van der Waals surface area contributed by atoms with Crippen molar-refractivity contribution in [1.82, 2.24) is 0 Å². The molecule has 330 valence electrons. The molecule has 0 spiro atoms. The summed E-state index contributed by atoms with van der Waals surface area (Å²) in [7, 11) is -4.76. The Bertz CT molecular complexity index is 948. The van der Waals surface area contributed by atoms with E-state index in [1.54, 1.807) is 0 Å². The summed E-state index contributed by atoms with van der Waals surface area (Å²) in [6.07, 6.45) is 49.6. The van der Waals surface area contributed by atoms with Crippen LogP contribution in [0, 0.1) is 0 Å². The van der Waals surface area contributed by atoms with E-state index in [4.69, 9.17) is 19.3 Å². The van der Waals surface area contributed by atoms with Gasteiger partial charge in [0.1, 0.15) is 6.61 Å². The lowest BCUT2D eigenvalue weighted by Crippen LogP contribution is -2.29. The zero-order valence-corrected chi connectivity index (χ0v) is 37.3. The van der Waals surface area contributed by atoms with E-state index in [1.807, 2.05) is 6.08 Å². The summed E-state index contributed by atoms with van der Waals surface area (Å²) in [6.45, 7) is 5.22. The highest BCUT2D eigenvalue weighted by Crippen LogP contribution is 2.36. The molecule has 0 aliphatic heterocycles. The van der Waals surface area contributed by atoms with Gasteiger partial charge in [0, 0.05) is 12.8 Å². The zero-order chi connectivity index (χ0) is 41.1. The predicted octanol–water partition coefficient (Wildman–Crippen LogP) is 14.7. The average Bonchev–Trinajstić information content (AvgIpc) is 3.17. The van der Waals surface area contributed by atoms with Crippen LogP contribution in [0.1, 0.15) is 244 Å². The van der Waals surface area contributed by atoms with Gasteiger partial charge in [-0.2, -0.15) is 0 Å². The molecular formula is C47H89O8P. The predicted molar refractivity (Wildman–Crippen MR) is 235 cm³/mol. The Labute approximate surface area is 345 Å². The van der Waals surface area contributed by atoms with Crippen molar-refractivity contribution < 1.29 is 37.9 Å². The number of hydrogen-bond acceptors (Lipinski definition) is 6. The van der Waals surface area contributed by atoms with Crippen LogP contribution in [0.25, 0.3) is 0 Å². The highest BCUT2D eigenvalue weighted by atomic mass is 31.2. The first-order valence-electron chi connectivity index (χ1n) is 23.6. The van der Waals surface area contributed by atoms with Crippen LogP contribution >= 0.6 is 7.82 Å². The van der Waals surface area contributed by atoms with E-state index in [0.29, 0.717) is 6.42 Å². The fourth-order valence-corrected chi connectivity index (χ4v) is 7.43. The molecule has 0 amide bonds. The number of phosphoric acid groups is 1. The molecule has 0 bridgehead atoms. The number of rotatable bonds is 45. The molecule has 0 aromatic carbocycles. The summed E-state index contributed by atoms with van der Waals surface area (Å²) in [5, 5.41) is 0. The Morgan fingerprint density at radius 2 is 0.857 bits per heavy atom. The molecule has 0 aromatic heterocycles. The molecule has 0 aliphatic carbocycles. The van der Waals surface area contributed by atoms with E-state index in [2.05, 4.69) is 30.2 Å². The van der Waals surface area contributed by atoms with Gasteiger partial charge in [0.15, 0.2) is 6.10 Å². The van der Waals surface area contributed by atoms with Crippen molar-refractivity contribution in [2.24, 2.45) is 0 Å². The van der Waals surface area contributed by atoms with Crippen LogP contribution in [-0.4, -0.2) is 41.0 Å². The Morgan fingerprint density at radius 3 is 1.27 bits per heavy atom. The van der Waals surface area contributed by atoms with Crippen LogP contribution in [-0.2, 0) is 28.2 Å². The second kappa shape index (κ2) is 43.1. The first-order chi connectivity index (χ1) is 27.3. The van der Waals surface area contributed by atoms with E-state index >= 15 is 0 Å². The van der Waals surface area contributed by atoms with Crippen LogP contribution in [0.15, 0.2) is 24.8 Å². The van der Waals surface area contributed by atoms with Crippen molar-refractivity contribution in [3.05, 3.63) is 24.8 Å². The smallest absolute Gasteiger partial charge is 0.462 e. The topological polar surface area (TPSA) is 119 Å². The number of unbranched alkanes of at least 4 members (excludes halogenated alkanes) is 32. The van der Waals surface area contributed by atoms with Crippen LogP contribution in [0.3, 0.4) is 0 Å². The Hall–Kier alpha value is -1.47. The van der Waals surface area contributed by atoms with E-state index in [0.717, 1.165) is 38.5 Å². The highest BCUT2D eigenvalue weighted by molar-refractivity contribution is 7.46. The lowest BCUT2D eigenvalue weighted by atomic mass is 10.0. The van der Waals surface area contributed by atoms with Gasteiger partial charge in [0.2, 0.25) is 0 Å². The summed E-state index contributed by atoms with van der Waals surface area (Å²) in [6, 6.07) is 0. The number of allylic oxidation sites excluding steroid dienone is 3. The second-order valence-electron chi connectivity index (χ2n) is 16.2. The number of ether oxygens (including phenoxy) is 2. The molecule has 0 heterocycles. The molecule has 0 aliphatic rings. The van der Waals surface area contributed by atoms with Crippen LogP contribution in [0.5, 0.6) is 0 Å². The molecule has 0 rings (SSSR count). The number of carbonyl (C=O) groups is 2.